The Bertz CT molecular complexity index is 32.0. The zero-order valence-electron chi connectivity index (χ0n) is 3.76. The van der Waals surface area contributed by atoms with Crippen molar-refractivity contribution < 1.29 is 5.21 Å². The SMILES string of the molecule is CN(O)CCS. The quantitative estimate of drug-likeness (QED) is 0.390. The van der Waals surface area contributed by atoms with Crippen molar-refractivity contribution in [2.45, 2.75) is 0 Å². The fraction of sp³-hybridized carbons (Fsp3) is 1.00. The van der Waals surface area contributed by atoms with Crippen molar-refractivity contribution >= 4 is 12.6 Å². The Labute approximate surface area is 43.1 Å². The van der Waals surface area contributed by atoms with Gasteiger partial charge in [-0.2, -0.15) is 17.7 Å². The van der Waals surface area contributed by atoms with Crippen LogP contribution in [-0.2, 0) is 0 Å². The van der Waals surface area contributed by atoms with Crippen LogP contribution in [-0.4, -0.2) is 29.6 Å². The Morgan fingerprint density at radius 1 is 1.83 bits per heavy atom. The molecule has 0 aromatic rings. The summed E-state index contributed by atoms with van der Waals surface area (Å²) in [6, 6.07) is 0. The van der Waals surface area contributed by atoms with Gasteiger partial charge in [0.1, 0.15) is 0 Å². The predicted molar refractivity (Wildman–Crippen MR) is 28.3 cm³/mol. The number of nitrogens with zero attached hydrogens (tertiary/aromatic N) is 1. The van der Waals surface area contributed by atoms with Gasteiger partial charge < -0.3 is 5.21 Å². The second kappa shape index (κ2) is 3.46. The van der Waals surface area contributed by atoms with Gasteiger partial charge in [-0.25, -0.2) is 0 Å². The van der Waals surface area contributed by atoms with Crippen molar-refractivity contribution in [2.24, 2.45) is 0 Å². The van der Waals surface area contributed by atoms with E-state index in [0.717, 1.165) is 5.06 Å². The zero-order chi connectivity index (χ0) is 4.99. The first kappa shape index (κ1) is 6.27. The van der Waals surface area contributed by atoms with Gasteiger partial charge in [0.2, 0.25) is 0 Å². The summed E-state index contributed by atoms with van der Waals surface area (Å²) >= 11 is 3.86. The summed E-state index contributed by atoms with van der Waals surface area (Å²) in [5.74, 6) is 0.701. The third-order valence-electron chi connectivity index (χ3n) is 0.424. The van der Waals surface area contributed by atoms with E-state index >= 15 is 0 Å². The van der Waals surface area contributed by atoms with Crippen LogP contribution in [0, 0.1) is 0 Å². The molecule has 0 saturated heterocycles. The van der Waals surface area contributed by atoms with Gasteiger partial charge in [0.15, 0.2) is 0 Å². The van der Waals surface area contributed by atoms with Crippen LogP contribution < -0.4 is 0 Å². The lowest BCUT2D eigenvalue weighted by Crippen LogP contribution is -2.14. The standard InChI is InChI=1S/C3H9NOS/c1-4(5)2-3-6/h5-6H,2-3H2,1H3. The maximum absolute atomic E-state index is 8.34. The largest absolute Gasteiger partial charge is 0.314 e. The summed E-state index contributed by atoms with van der Waals surface area (Å²) in [6.45, 7) is 0.628. The Hall–Kier alpha value is 0.270. The van der Waals surface area contributed by atoms with E-state index in [1.165, 1.54) is 0 Å². The molecule has 2 nitrogen and oxygen atoms in total. The molecule has 3 heteroatoms. The molecule has 0 saturated carbocycles. The van der Waals surface area contributed by atoms with Crippen molar-refractivity contribution in [3.8, 4) is 0 Å². The first-order chi connectivity index (χ1) is 2.77. The van der Waals surface area contributed by atoms with Crippen molar-refractivity contribution in [1.82, 2.24) is 5.06 Å². The highest BCUT2D eigenvalue weighted by atomic mass is 32.1. The summed E-state index contributed by atoms with van der Waals surface area (Å²) in [7, 11) is 1.59. The van der Waals surface area contributed by atoms with Crippen LogP contribution in [0.5, 0.6) is 0 Å². The Balaban J connectivity index is 2.63. The van der Waals surface area contributed by atoms with E-state index in [-0.39, 0.29) is 0 Å². The first-order valence-electron chi connectivity index (χ1n) is 1.78. The highest BCUT2D eigenvalue weighted by Gasteiger charge is 1.82. The lowest BCUT2D eigenvalue weighted by atomic mass is 10.7. The normalized spacial score (nSPS) is 10.0. The molecule has 0 heterocycles. The van der Waals surface area contributed by atoms with Crippen molar-refractivity contribution in [2.75, 3.05) is 19.3 Å². The van der Waals surface area contributed by atoms with Crippen molar-refractivity contribution in [3.05, 3.63) is 0 Å². The molecule has 0 spiro atoms. The fourth-order valence-corrected chi connectivity index (χ4v) is 0.434. The highest BCUT2D eigenvalue weighted by molar-refractivity contribution is 7.80. The average molecular weight is 107 g/mol. The molecule has 0 fully saturated rings. The lowest BCUT2D eigenvalue weighted by Gasteiger charge is -2.01. The predicted octanol–water partition coefficient (Wildman–Crippen LogP) is 0.237. The van der Waals surface area contributed by atoms with Gasteiger partial charge in [-0.15, -0.1) is 0 Å². The molecule has 0 bridgehead atoms. The highest BCUT2D eigenvalue weighted by Crippen LogP contribution is 1.74. The van der Waals surface area contributed by atoms with Gasteiger partial charge in [0, 0.05) is 19.3 Å². The van der Waals surface area contributed by atoms with E-state index in [1.807, 2.05) is 0 Å². The van der Waals surface area contributed by atoms with Crippen molar-refractivity contribution in [3.63, 3.8) is 0 Å². The third kappa shape index (κ3) is 4.27. The van der Waals surface area contributed by atoms with E-state index < -0.39 is 0 Å². The molecule has 0 amide bonds. The maximum atomic E-state index is 8.34. The van der Waals surface area contributed by atoms with Crippen molar-refractivity contribution in [1.29, 1.82) is 0 Å². The topological polar surface area (TPSA) is 23.5 Å². The number of thiol groups is 1. The third-order valence-corrected chi connectivity index (χ3v) is 0.624. The molecule has 0 aromatic carbocycles. The Kier molecular flexibility index (Phi) is 3.62. The number of rotatable bonds is 2. The molecule has 38 valence electrons. The maximum Gasteiger partial charge on any atom is 0.0323 e. The number of hydroxylamine groups is 2. The Morgan fingerprint density at radius 2 is 2.33 bits per heavy atom. The molecule has 0 aliphatic heterocycles. The van der Waals surface area contributed by atoms with Crippen LogP contribution in [0.2, 0.25) is 0 Å². The molecular weight excluding hydrogens is 98.1 g/mol. The Morgan fingerprint density at radius 3 is 2.33 bits per heavy atom. The monoisotopic (exact) mass is 107 g/mol. The number of hydrogen-bond donors (Lipinski definition) is 2. The van der Waals surface area contributed by atoms with Crippen LogP contribution in [0.25, 0.3) is 0 Å². The minimum atomic E-state index is 0.628. The molecule has 0 unspecified atom stereocenters. The smallest absolute Gasteiger partial charge is 0.0323 e. The van der Waals surface area contributed by atoms with Gasteiger partial charge in [-0.05, 0) is 0 Å². The molecule has 1 N–H and O–H groups in total. The van der Waals surface area contributed by atoms with Gasteiger partial charge in [-0.1, -0.05) is 0 Å². The van der Waals surface area contributed by atoms with E-state index in [0.29, 0.717) is 12.3 Å². The summed E-state index contributed by atoms with van der Waals surface area (Å²) < 4.78 is 0. The van der Waals surface area contributed by atoms with Gasteiger partial charge >= 0.3 is 0 Å². The second-order valence-electron chi connectivity index (χ2n) is 1.10. The fourth-order valence-electron chi connectivity index (χ4n) is 0.145. The summed E-state index contributed by atoms with van der Waals surface area (Å²) in [6.07, 6.45) is 0. The summed E-state index contributed by atoms with van der Waals surface area (Å²) in [5, 5.41) is 9.44. The molecule has 6 heavy (non-hydrogen) atoms. The molecule has 0 aliphatic carbocycles. The lowest BCUT2D eigenvalue weighted by molar-refractivity contribution is -0.0584. The molecular formula is C3H9NOS. The van der Waals surface area contributed by atoms with Crippen LogP contribution in [0.15, 0.2) is 0 Å². The van der Waals surface area contributed by atoms with Crippen LogP contribution in [0.1, 0.15) is 0 Å². The summed E-state index contributed by atoms with van der Waals surface area (Å²) in [5.41, 5.74) is 0. The second-order valence-corrected chi connectivity index (χ2v) is 1.55. The molecule has 0 aromatic heterocycles. The van der Waals surface area contributed by atoms with E-state index in [2.05, 4.69) is 12.6 Å². The molecule has 0 radical (unpaired) electrons. The molecule has 0 atom stereocenters. The minimum absolute atomic E-state index is 0.628. The zero-order valence-corrected chi connectivity index (χ0v) is 4.65. The van der Waals surface area contributed by atoms with Crippen LogP contribution >= 0.6 is 12.6 Å². The van der Waals surface area contributed by atoms with E-state index in [1.54, 1.807) is 7.05 Å². The first-order valence-corrected chi connectivity index (χ1v) is 2.41. The van der Waals surface area contributed by atoms with Crippen LogP contribution in [0.4, 0.5) is 0 Å². The molecule has 0 aliphatic rings. The number of hydrogen-bond acceptors (Lipinski definition) is 3. The molecule has 0 rings (SSSR count). The van der Waals surface area contributed by atoms with E-state index in [9.17, 15) is 0 Å². The minimum Gasteiger partial charge on any atom is -0.314 e. The van der Waals surface area contributed by atoms with Crippen LogP contribution in [0.3, 0.4) is 0 Å². The average Bonchev–Trinajstić information content (AvgIpc) is 1.35. The van der Waals surface area contributed by atoms with Gasteiger partial charge in [0.25, 0.3) is 0 Å². The van der Waals surface area contributed by atoms with Gasteiger partial charge in [0.05, 0.1) is 0 Å². The van der Waals surface area contributed by atoms with E-state index in [4.69, 9.17) is 5.21 Å². The van der Waals surface area contributed by atoms with Gasteiger partial charge in [-0.3, -0.25) is 0 Å². The summed E-state index contributed by atoms with van der Waals surface area (Å²) in [4.78, 5) is 0.